The molecule has 0 atom stereocenters. The second-order valence-corrected chi connectivity index (χ2v) is 9.67. The molecular formula is C17H27N3O3S2. The van der Waals surface area contributed by atoms with Crippen molar-refractivity contribution in [3.63, 3.8) is 0 Å². The fourth-order valence-corrected chi connectivity index (χ4v) is 4.77. The van der Waals surface area contributed by atoms with Crippen LogP contribution in [0.2, 0.25) is 0 Å². The Balaban J connectivity index is 1.81. The number of rotatable bonds is 5. The summed E-state index contributed by atoms with van der Waals surface area (Å²) in [5, 5.41) is 5.32. The van der Waals surface area contributed by atoms with Crippen LogP contribution in [0.4, 0.5) is 10.5 Å². The molecule has 6 nitrogen and oxygen atoms in total. The van der Waals surface area contributed by atoms with Crippen LogP contribution >= 0.6 is 23.3 Å². The summed E-state index contributed by atoms with van der Waals surface area (Å²) in [5.41, 5.74) is 0.228. The highest BCUT2D eigenvalue weighted by atomic mass is 32.2. The maximum Gasteiger partial charge on any atom is 0.408 e. The smallest absolute Gasteiger partial charge is 0.408 e. The van der Waals surface area contributed by atoms with Crippen molar-refractivity contribution in [2.75, 3.05) is 25.0 Å². The van der Waals surface area contributed by atoms with Crippen LogP contribution in [0.5, 0.6) is 0 Å². The van der Waals surface area contributed by atoms with Gasteiger partial charge < -0.3 is 15.4 Å². The molecule has 0 saturated carbocycles. The number of nitrogens with zero attached hydrogens (tertiary/aromatic N) is 1. The number of hydrogen-bond donors (Lipinski definition) is 2. The summed E-state index contributed by atoms with van der Waals surface area (Å²) in [5.74, 6) is -0.263. The number of alkyl carbamates (subject to hydrolysis) is 1. The quantitative estimate of drug-likeness (QED) is 0.749. The standard InChI is InChI=1S/C17H27N3O3S2/c1-12-13(10-15(24-12)25-20-8-6-5-7-9-20)19-14(21)11-18-16(22)23-17(2,3)4/h10H,5-9,11H2,1-4H3,(H,18,22)(H,19,21). The molecule has 2 amide bonds. The second kappa shape index (κ2) is 8.91. The van der Waals surface area contributed by atoms with E-state index in [1.54, 1.807) is 44.1 Å². The minimum atomic E-state index is -0.592. The van der Waals surface area contributed by atoms with Crippen LogP contribution in [0, 0.1) is 6.92 Å². The molecule has 8 heteroatoms. The van der Waals surface area contributed by atoms with Crippen LogP contribution in [-0.4, -0.2) is 41.5 Å². The van der Waals surface area contributed by atoms with E-state index in [4.69, 9.17) is 4.74 Å². The predicted octanol–water partition coefficient (Wildman–Crippen LogP) is 4.01. The van der Waals surface area contributed by atoms with Gasteiger partial charge in [-0.2, -0.15) is 0 Å². The van der Waals surface area contributed by atoms with Crippen molar-refractivity contribution in [1.29, 1.82) is 0 Å². The molecule has 25 heavy (non-hydrogen) atoms. The van der Waals surface area contributed by atoms with E-state index in [0.717, 1.165) is 23.7 Å². The number of aryl methyl sites for hydroxylation is 1. The van der Waals surface area contributed by atoms with E-state index in [-0.39, 0.29) is 12.5 Å². The van der Waals surface area contributed by atoms with E-state index < -0.39 is 11.7 Å². The molecule has 0 radical (unpaired) electrons. The number of amides is 2. The average Bonchev–Trinajstić information content (AvgIpc) is 2.84. The molecule has 1 aliphatic heterocycles. The third kappa shape index (κ3) is 7.25. The lowest BCUT2D eigenvalue weighted by atomic mass is 10.2. The lowest BCUT2D eigenvalue weighted by Crippen LogP contribution is -2.37. The van der Waals surface area contributed by atoms with Crippen molar-refractivity contribution in [2.24, 2.45) is 0 Å². The number of anilines is 1. The summed E-state index contributed by atoms with van der Waals surface area (Å²) in [6, 6.07) is 2.00. The molecule has 1 aromatic heterocycles. The molecule has 2 rings (SSSR count). The second-order valence-electron chi connectivity index (χ2n) is 7.02. The van der Waals surface area contributed by atoms with Gasteiger partial charge in [0, 0.05) is 18.0 Å². The van der Waals surface area contributed by atoms with Gasteiger partial charge in [-0.15, -0.1) is 11.3 Å². The zero-order valence-electron chi connectivity index (χ0n) is 15.3. The van der Waals surface area contributed by atoms with E-state index in [1.807, 2.05) is 13.0 Å². The van der Waals surface area contributed by atoms with Gasteiger partial charge >= 0.3 is 6.09 Å². The number of hydrogen-bond acceptors (Lipinski definition) is 6. The van der Waals surface area contributed by atoms with Crippen LogP contribution in [0.15, 0.2) is 10.3 Å². The molecule has 0 aliphatic carbocycles. The Morgan fingerprint density at radius 1 is 1.28 bits per heavy atom. The third-order valence-electron chi connectivity index (χ3n) is 3.50. The average molecular weight is 386 g/mol. The lowest BCUT2D eigenvalue weighted by molar-refractivity contribution is -0.115. The molecule has 0 spiro atoms. The maximum absolute atomic E-state index is 12.0. The van der Waals surface area contributed by atoms with Crippen molar-refractivity contribution < 1.29 is 14.3 Å². The Kier molecular flexibility index (Phi) is 7.15. The van der Waals surface area contributed by atoms with Crippen LogP contribution in [0.1, 0.15) is 44.9 Å². The number of ether oxygens (including phenoxy) is 1. The van der Waals surface area contributed by atoms with Gasteiger partial charge in [-0.1, -0.05) is 6.42 Å². The van der Waals surface area contributed by atoms with Gasteiger partial charge in [-0.25, -0.2) is 9.10 Å². The van der Waals surface area contributed by atoms with Crippen molar-refractivity contribution >= 4 is 41.0 Å². The van der Waals surface area contributed by atoms with E-state index in [9.17, 15) is 9.59 Å². The summed E-state index contributed by atoms with van der Waals surface area (Å²) in [4.78, 5) is 24.7. The van der Waals surface area contributed by atoms with Gasteiger partial charge in [0.25, 0.3) is 0 Å². The molecule has 1 aliphatic rings. The first-order chi connectivity index (χ1) is 11.7. The van der Waals surface area contributed by atoms with Gasteiger partial charge in [-0.05, 0) is 58.6 Å². The van der Waals surface area contributed by atoms with Gasteiger partial charge in [0.05, 0.1) is 9.90 Å². The summed E-state index contributed by atoms with van der Waals surface area (Å²) < 4.78 is 8.67. The molecule has 140 valence electrons. The SMILES string of the molecule is Cc1sc(SN2CCCCC2)cc1NC(=O)CNC(=O)OC(C)(C)C. The van der Waals surface area contributed by atoms with Gasteiger partial charge in [-0.3, -0.25) is 4.79 Å². The summed E-state index contributed by atoms with van der Waals surface area (Å²) in [7, 11) is 0. The first-order valence-corrected chi connectivity index (χ1v) is 10.1. The number of nitrogens with one attached hydrogen (secondary N) is 2. The molecule has 0 bridgehead atoms. The number of carbonyl (C=O) groups is 2. The van der Waals surface area contributed by atoms with Crippen molar-refractivity contribution in [2.45, 2.75) is 56.8 Å². The molecule has 1 fully saturated rings. The Morgan fingerprint density at radius 3 is 2.60 bits per heavy atom. The van der Waals surface area contributed by atoms with Crippen molar-refractivity contribution in [3.05, 3.63) is 10.9 Å². The van der Waals surface area contributed by atoms with Gasteiger partial charge in [0.1, 0.15) is 12.1 Å². The normalized spacial score (nSPS) is 15.7. The van der Waals surface area contributed by atoms with Crippen molar-refractivity contribution in [3.8, 4) is 0 Å². The van der Waals surface area contributed by atoms with Gasteiger partial charge in [0.2, 0.25) is 5.91 Å². The lowest BCUT2D eigenvalue weighted by Gasteiger charge is -2.24. The van der Waals surface area contributed by atoms with E-state index >= 15 is 0 Å². The fourth-order valence-electron chi connectivity index (χ4n) is 2.37. The first-order valence-electron chi connectivity index (χ1n) is 8.53. The summed E-state index contributed by atoms with van der Waals surface area (Å²) >= 11 is 3.44. The Labute approximate surface area is 157 Å². The largest absolute Gasteiger partial charge is 0.444 e. The molecule has 0 unspecified atom stereocenters. The van der Waals surface area contributed by atoms with Gasteiger partial charge in [0.15, 0.2) is 0 Å². The van der Waals surface area contributed by atoms with E-state index in [2.05, 4.69) is 14.9 Å². The molecule has 2 N–H and O–H groups in total. The minimum absolute atomic E-state index is 0.112. The minimum Gasteiger partial charge on any atom is -0.444 e. The molecule has 2 heterocycles. The highest BCUT2D eigenvalue weighted by Gasteiger charge is 2.18. The Morgan fingerprint density at radius 2 is 1.96 bits per heavy atom. The first kappa shape index (κ1) is 20.1. The highest BCUT2D eigenvalue weighted by molar-refractivity contribution is 7.99. The molecular weight excluding hydrogens is 358 g/mol. The van der Waals surface area contributed by atoms with Crippen LogP contribution in [-0.2, 0) is 9.53 Å². The maximum atomic E-state index is 12.0. The zero-order valence-corrected chi connectivity index (χ0v) is 16.9. The van der Waals surface area contributed by atoms with Crippen LogP contribution < -0.4 is 10.6 Å². The monoisotopic (exact) mass is 385 g/mol. The Bertz CT molecular complexity index is 605. The highest BCUT2D eigenvalue weighted by Crippen LogP contribution is 2.36. The van der Waals surface area contributed by atoms with E-state index in [1.165, 1.54) is 23.5 Å². The molecule has 0 aromatic carbocycles. The third-order valence-corrected chi connectivity index (χ3v) is 5.74. The van der Waals surface area contributed by atoms with Crippen LogP contribution in [0.25, 0.3) is 0 Å². The summed E-state index contributed by atoms with van der Waals surface area (Å²) in [6.45, 7) is 9.45. The Hall–Kier alpha value is -1.25. The molecule has 1 aromatic rings. The number of thiophene rings is 1. The number of carbonyl (C=O) groups excluding carboxylic acids is 2. The predicted molar refractivity (Wildman–Crippen MR) is 103 cm³/mol. The molecule has 1 saturated heterocycles. The number of piperidine rings is 1. The fraction of sp³-hybridized carbons (Fsp3) is 0.647. The van der Waals surface area contributed by atoms with Crippen LogP contribution in [0.3, 0.4) is 0 Å². The van der Waals surface area contributed by atoms with E-state index in [0.29, 0.717) is 0 Å². The topological polar surface area (TPSA) is 70.7 Å². The summed E-state index contributed by atoms with van der Waals surface area (Å²) in [6.07, 6.45) is 3.21. The zero-order chi connectivity index (χ0) is 18.4. The van der Waals surface area contributed by atoms with Crippen molar-refractivity contribution in [1.82, 2.24) is 9.62 Å².